The molecular weight excluding hydrogens is 460 g/mol. The van der Waals surface area contributed by atoms with Gasteiger partial charge in [0.2, 0.25) is 0 Å². The van der Waals surface area contributed by atoms with Gasteiger partial charge in [0, 0.05) is 57.3 Å². The standard InChI is InChI=1S/C30H36N6O/c1-22-10-12-26(13-11-22)36-30(35-15-5-6-16-35)28(25(4)32-36)29(37)31-14-17-33-18-20-34(21-19-33)27-9-7-8-23(2)24(27)3/h5-13,15-16H,14,17-21H2,1-4H3,(H,31,37). The Labute approximate surface area is 219 Å². The SMILES string of the molecule is Cc1ccc(-n2nc(C)c(C(=O)NCCN3CCN(c4cccc(C)c4C)CC3)c2-n2cccc2)cc1. The summed E-state index contributed by atoms with van der Waals surface area (Å²) in [6.07, 6.45) is 3.90. The molecule has 0 bridgehead atoms. The van der Waals surface area contributed by atoms with E-state index in [-0.39, 0.29) is 5.91 Å². The average molecular weight is 497 g/mol. The normalized spacial score (nSPS) is 14.2. The van der Waals surface area contributed by atoms with Crippen LogP contribution in [0.4, 0.5) is 5.69 Å². The number of anilines is 1. The molecule has 0 spiro atoms. The van der Waals surface area contributed by atoms with Gasteiger partial charge in [0.15, 0.2) is 5.82 Å². The summed E-state index contributed by atoms with van der Waals surface area (Å²) in [5, 5.41) is 7.92. The number of amides is 1. The van der Waals surface area contributed by atoms with Crippen LogP contribution in [-0.2, 0) is 0 Å². The molecule has 5 rings (SSSR count). The fraction of sp³-hybridized carbons (Fsp3) is 0.333. The number of carbonyl (C=O) groups is 1. The topological polar surface area (TPSA) is 58.3 Å². The third-order valence-corrected chi connectivity index (χ3v) is 7.39. The fourth-order valence-electron chi connectivity index (χ4n) is 5.07. The molecule has 7 heteroatoms. The molecule has 4 aromatic rings. The van der Waals surface area contributed by atoms with Gasteiger partial charge in [0.1, 0.15) is 5.56 Å². The molecule has 1 amide bonds. The number of aromatic nitrogens is 3. The van der Waals surface area contributed by atoms with Gasteiger partial charge < -0.3 is 14.8 Å². The average Bonchev–Trinajstić information content (AvgIpc) is 3.54. The predicted molar refractivity (Wildman–Crippen MR) is 149 cm³/mol. The molecule has 1 fully saturated rings. The number of piperazine rings is 1. The van der Waals surface area contributed by atoms with Crippen LogP contribution >= 0.6 is 0 Å². The minimum absolute atomic E-state index is 0.0893. The number of nitrogens with one attached hydrogen (secondary N) is 1. The van der Waals surface area contributed by atoms with Crippen molar-refractivity contribution in [2.75, 3.05) is 44.2 Å². The molecule has 0 atom stereocenters. The lowest BCUT2D eigenvalue weighted by Crippen LogP contribution is -2.48. The van der Waals surface area contributed by atoms with Gasteiger partial charge in [-0.2, -0.15) is 5.10 Å². The van der Waals surface area contributed by atoms with Crippen LogP contribution in [0.2, 0.25) is 0 Å². The molecule has 0 unspecified atom stereocenters. The summed E-state index contributed by atoms with van der Waals surface area (Å²) in [5.74, 6) is 0.666. The molecule has 1 saturated heterocycles. The van der Waals surface area contributed by atoms with E-state index in [4.69, 9.17) is 5.10 Å². The van der Waals surface area contributed by atoms with Crippen molar-refractivity contribution < 1.29 is 4.79 Å². The summed E-state index contributed by atoms with van der Waals surface area (Å²) < 4.78 is 3.82. The third-order valence-electron chi connectivity index (χ3n) is 7.39. The van der Waals surface area contributed by atoms with Gasteiger partial charge in [-0.1, -0.05) is 29.8 Å². The van der Waals surface area contributed by atoms with Crippen LogP contribution in [0, 0.1) is 27.7 Å². The number of benzene rings is 2. The van der Waals surface area contributed by atoms with E-state index in [9.17, 15) is 4.79 Å². The van der Waals surface area contributed by atoms with Gasteiger partial charge in [-0.3, -0.25) is 9.69 Å². The first-order valence-corrected chi connectivity index (χ1v) is 13.0. The Morgan fingerprint density at radius 3 is 2.30 bits per heavy atom. The molecule has 37 heavy (non-hydrogen) atoms. The molecule has 7 nitrogen and oxygen atoms in total. The van der Waals surface area contributed by atoms with Crippen molar-refractivity contribution in [2.45, 2.75) is 27.7 Å². The highest BCUT2D eigenvalue weighted by Crippen LogP contribution is 2.25. The molecule has 2 aromatic carbocycles. The van der Waals surface area contributed by atoms with Crippen LogP contribution in [0.25, 0.3) is 11.5 Å². The van der Waals surface area contributed by atoms with Crippen LogP contribution < -0.4 is 10.2 Å². The molecular formula is C30H36N6O. The second-order valence-corrected chi connectivity index (χ2v) is 9.93. The van der Waals surface area contributed by atoms with Gasteiger partial charge in [-0.15, -0.1) is 0 Å². The molecule has 1 aliphatic rings. The molecule has 2 aromatic heterocycles. The van der Waals surface area contributed by atoms with Crippen molar-refractivity contribution in [1.82, 2.24) is 24.6 Å². The maximum Gasteiger partial charge on any atom is 0.257 e. The lowest BCUT2D eigenvalue weighted by Gasteiger charge is -2.37. The molecule has 3 heterocycles. The first-order valence-electron chi connectivity index (χ1n) is 13.0. The third kappa shape index (κ3) is 5.18. The summed E-state index contributed by atoms with van der Waals surface area (Å²) in [6, 6.07) is 18.7. The molecule has 192 valence electrons. The summed E-state index contributed by atoms with van der Waals surface area (Å²) in [5.41, 5.74) is 7.47. The minimum atomic E-state index is -0.0893. The monoisotopic (exact) mass is 496 g/mol. The van der Waals surface area contributed by atoms with Gasteiger partial charge in [-0.05, 0) is 69.2 Å². The predicted octanol–water partition coefficient (Wildman–Crippen LogP) is 4.45. The highest BCUT2D eigenvalue weighted by molar-refractivity contribution is 5.98. The first kappa shape index (κ1) is 24.8. The van der Waals surface area contributed by atoms with Crippen molar-refractivity contribution >= 4 is 11.6 Å². The van der Waals surface area contributed by atoms with Crippen molar-refractivity contribution in [3.63, 3.8) is 0 Å². The van der Waals surface area contributed by atoms with E-state index in [0.717, 1.165) is 44.2 Å². The van der Waals surface area contributed by atoms with Crippen molar-refractivity contribution in [3.05, 3.63) is 94.9 Å². The molecule has 0 radical (unpaired) electrons. The zero-order valence-electron chi connectivity index (χ0n) is 22.2. The Balaban J connectivity index is 1.24. The van der Waals surface area contributed by atoms with Crippen molar-refractivity contribution in [3.8, 4) is 11.5 Å². The second-order valence-electron chi connectivity index (χ2n) is 9.93. The molecule has 1 N–H and O–H groups in total. The lowest BCUT2D eigenvalue weighted by atomic mass is 10.1. The van der Waals surface area contributed by atoms with Crippen LogP contribution in [0.1, 0.15) is 32.7 Å². The van der Waals surface area contributed by atoms with Crippen LogP contribution in [-0.4, -0.2) is 64.4 Å². The zero-order valence-corrected chi connectivity index (χ0v) is 22.2. The van der Waals surface area contributed by atoms with E-state index in [1.54, 1.807) is 0 Å². The van der Waals surface area contributed by atoms with Gasteiger partial charge in [0.25, 0.3) is 5.91 Å². The van der Waals surface area contributed by atoms with E-state index >= 15 is 0 Å². The van der Waals surface area contributed by atoms with E-state index in [2.05, 4.69) is 66.2 Å². The maximum atomic E-state index is 13.4. The largest absolute Gasteiger partial charge is 0.369 e. The number of carbonyl (C=O) groups excluding carboxylic acids is 1. The highest BCUT2D eigenvalue weighted by atomic mass is 16.1. The maximum absolute atomic E-state index is 13.4. The lowest BCUT2D eigenvalue weighted by molar-refractivity contribution is 0.0947. The molecule has 0 saturated carbocycles. The number of aryl methyl sites for hydroxylation is 3. The smallest absolute Gasteiger partial charge is 0.257 e. The number of hydrogen-bond acceptors (Lipinski definition) is 4. The zero-order chi connectivity index (χ0) is 25.9. The van der Waals surface area contributed by atoms with Gasteiger partial charge in [-0.25, -0.2) is 4.68 Å². The first-order chi connectivity index (χ1) is 17.9. The minimum Gasteiger partial charge on any atom is -0.369 e. The van der Waals surface area contributed by atoms with Gasteiger partial charge >= 0.3 is 0 Å². The molecule has 1 aliphatic heterocycles. The Morgan fingerprint density at radius 2 is 1.59 bits per heavy atom. The Bertz CT molecular complexity index is 1360. The Morgan fingerprint density at radius 1 is 0.892 bits per heavy atom. The van der Waals surface area contributed by atoms with Crippen LogP contribution in [0.5, 0.6) is 0 Å². The van der Waals surface area contributed by atoms with Crippen LogP contribution in [0.3, 0.4) is 0 Å². The van der Waals surface area contributed by atoms with E-state index in [1.165, 1.54) is 22.4 Å². The summed E-state index contributed by atoms with van der Waals surface area (Å²) in [6.45, 7) is 13.7. The Kier molecular flexibility index (Phi) is 7.15. The quantitative estimate of drug-likeness (QED) is 0.411. The number of nitrogens with zero attached hydrogens (tertiary/aromatic N) is 5. The van der Waals surface area contributed by atoms with Gasteiger partial charge in [0.05, 0.1) is 11.4 Å². The number of rotatable bonds is 7. The highest BCUT2D eigenvalue weighted by Gasteiger charge is 2.24. The van der Waals surface area contributed by atoms with Crippen molar-refractivity contribution in [2.24, 2.45) is 0 Å². The van der Waals surface area contributed by atoms with E-state index < -0.39 is 0 Å². The fourth-order valence-corrected chi connectivity index (χ4v) is 5.07. The van der Waals surface area contributed by atoms with Crippen molar-refractivity contribution in [1.29, 1.82) is 0 Å². The summed E-state index contributed by atoms with van der Waals surface area (Å²) >= 11 is 0. The van der Waals surface area contributed by atoms with E-state index in [1.807, 2.05) is 52.8 Å². The second kappa shape index (κ2) is 10.6. The molecule has 0 aliphatic carbocycles. The summed E-state index contributed by atoms with van der Waals surface area (Å²) in [4.78, 5) is 18.3. The Hall–Kier alpha value is -3.84. The van der Waals surface area contributed by atoms with E-state index in [0.29, 0.717) is 17.8 Å². The van der Waals surface area contributed by atoms with Crippen LogP contribution in [0.15, 0.2) is 67.0 Å². The summed E-state index contributed by atoms with van der Waals surface area (Å²) in [7, 11) is 0. The number of hydrogen-bond donors (Lipinski definition) is 1.